The number of allylic oxidation sites excluding steroid dienone is 1. The smallest absolute Gasteiger partial charge is 0.165 e. The number of benzene rings is 1. The van der Waals surface area contributed by atoms with Crippen molar-refractivity contribution in [2.45, 2.75) is 27.2 Å². The zero-order valence-corrected chi connectivity index (χ0v) is 17.3. The molecule has 1 N–H and O–H groups in total. The number of nitrogens with zero attached hydrogens (tertiary/aromatic N) is 4. The highest BCUT2D eigenvalue weighted by Crippen LogP contribution is 2.37. The fourth-order valence-corrected chi connectivity index (χ4v) is 3.72. The van der Waals surface area contributed by atoms with Gasteiger partial charge < -0.3 is 5.32 Å². The van der Waals surface area contributed by atoms with E-state index in [1.54, 1.807) is 18.6 Å². The first kappa shape index (κ1) is 18.4. The largest absolute Gasteiger partial charge is 0.340 e. The van der Waals surface area contributed by atoms with Crippen LogP contribution in [0.15, 0.2) is 66.6 Å². The summed E-state index contributed by atoms with van der Waals surface area (Å²) in [6.45, 7) is 6.81. The van der Waals surface area contributed by atoms with Crippen LogP contribution in [0.3, 0.4) is 0 Å². The lowest BCUT2D eigenvalue weighted by atomic mass is 9.85. The zero-order chi connectivity index (χ0) is 20.7. The molecular weight excluding hydrogens is 370 g/mol. The highest BCUT2D eigenvalue weighted by molar-refractivity contribution is 5.90. The van der Waals surface area contributed by atoms with Gasteiger partial charge in [0.2, 0.25) is 0 Å². The lowest BCUT2D eigenvalue weighted by Crippen LogP contribution is -2.08. The van der Waals surface area contributed by atoms with Crippen LogP contribution in [0.4, 0.5) is 11.5 Å². The first-order valence-electron chi connectivity index (χ1n) is 10.1. The monoisotopic (exact) mass is 393 g/mol. The van der Waals surface area contributed by atoms with Crippen LogP contribution in [0.2, 0.25) is 0 Å². The summed E-state index contributed by atoms with van der Waals surface area (Å²) in [4.78, 5) is 18.0. The van der Waals surface area contributed by atoms with Gasteiger partial charge in [-0.1, -0.05) is 38.5 Å². The van der Waals surface area contributed by atoms with Crippen LogP contribution in [0, 0.1) is 5.41 Å². The Bertz CT molecular complexity index is 1270. The van der Waals surface area contributed by atoms with Gasteiger partial charge in [-0.25, -0.2) is 15.0 Å². The third-order valence-electron chi connectivity index (χ3n) is 5.49. The standard InChI is InChI=1S/C25H23N5/c1-25(2,3)19-13-17-6-7-20(15-18(17)14-19)28-24-21-5-4-10-27-23(21)29-22(30-24)16-8-11-26-12-9-16/h4-12,14-15H,13H2,1-3H3,(H,27,28,29,30). The van der Waals surface area contributed by atoms with Gasteiger partial charge in [-0.2, -0.15) is 0 Å². The van der Waals surface area contributed by atoms with Crippen LogP contribution in [-0.2, 0) is 6.42 Å². The molecule has 0 aliphatic heterocycles. The van der Waals surface area contributed by atoms with Crippen molar-refractivity contribution < 1.29 is 0 Å². The van der Waals surface area contributed by atoms with Crippen molar-refractivity contribution in [3.05, 3.63) is 77.8 Å². The second-order valence-corrected chi connectivity index (χ2v) is 8.64. The molecule has 5 nitrogen and oxygen atoms in total. The third-order valence-corrected chi connectivity index (χ3v) is 5.49. The minimum Gasteiger partial charge on any atom is -0.340 e. The molecule has 148 valence electrons. The van der Waals surface area contributed by atoms with Crippen molar-refractivity contribution in [2.75, 3.05) is 5.32 Å². The van der Waals surface area contributed by atoms with E-state index in [1.165, 1.54) is 16.7 Å². The van der Waals surface area contributed by atoms with Gasteiger partial charge in [0, 0.05) is 29.8 Å². The second kappa shape index (κ2) is 7.02. The Morgan fingerprint density at radius 1 is 0.933 bits per heavy atom. The Labute approximate surface area is 176 Å². The van der Waals surface area contributed by atoms with Crippen molar-refractivity contribution in [3.8, 4) is 11.4 Å². The molecule has 1 aliphatic carbocycles. The molecular formula is C25H23N5. The van der Waals surface area contributed by atoms with Gasteiger partial charge in [0.15, 0.2) is 11.5 Å². The van der Waals surface area contributed by atoms with E-state index in [2.05, 4.69) is 65.3 Å². The van der Waals surface area contributed by atoms with Crippen molar-refractivity contribution in [1.82, 2.24) is 19.9 Å². The minimum atomic E-state index is 0.181. The molecule has 0 unspecified atom stereocenters. The first-order chi connectivity index (χ1) is 14.5. The molecule has 0 bridgehead atoms. The summed E-state index contributed by atoms with van der Waals surface area (Å²) in [6.07, 6.45) is 8.58. The van der Waals surface area contributed by atoms with E-state index in [-0.39, 0.29) is 5.41 Å². The number of aromatic nitrogens is 4. The number of anilines is 2. The zero-order valence-electron chi connectivity index (χ0n) is 17.3. The van der Waals surface area contributed by atoms with Crippen molar-refractivity contribution in [3.63, 3.8) is 0 Å². The summed E-state index contributed by atoms with van der Waals surface area (Å²) >= 11 is 0. The highest BCUT2D eigenvalue weighted by Gasteiger charge is 2.23. The minimum absolute atomic E-state index is 0.181. The van der Waals surface area contributed by atoms with Gasteiger partial charge in [-0.3, -0.25) is 4.98 Å². The molecule has 30 heavy (non-hydrogen) atoms. The molecule has 0 saturated carbocycles. The van der Waals surface area contributed by atoms with Crippen molar-refractivity contribution >= 4 is 28.6 Å². The molecule has 0 fully saturated rings. The fraction of sp³-hybridized carbons (Fsp3) is 0.200. The summed E-state index contributed by atoms with van der Waals surface area (Å²) in [5.74, 6) is 1.38. The fourth-order valence-electron chi connectivity index (χ4n) is 3.72. The number of rotatable bonds is 3. The molecule has 5 heteroatoms. The van der Waals surface area contributed by atoms with Gasteiger partial charge in [0.25, 0.3) is 0 Å². The maximum atomic E-state index is 4.81. The lowest BCUT2D eigenvalue weighted by molar-refractivity contribution is 0.498. The Morgan fingerprint density at radius 3 is 2.57 bits per heavy atom. The summed E-state index contributed by atoms with van der Waals surface area (Å²) < 4.78 is 0. The van der Waals surface area contributed by atoms with Crippen LogP contribution >= 0.6 is 0 Å². The molecule has 3 aromatic heterocycles. The predicted octanol–water partition coefficient (Wildman–Crippen LogP) is 5.82. The van der Waals surface area contributed by atoms with Gasteiger partial charge in [0.05, 0.1) is 5.39 Å². The van der Waals surface area contributed by atoms with Crippen LogP contribution in [0.5, 0.6) is 0 Å². The molecule has 0 saturated heterocycles. The normalized spacial score (nSPS) is 13.2. The van der Waals surface area contributed by atoms with Gasteiger partial charge >= 0.3 is 0 Å². The molecule has 0 amide bonds. The van der Waals surface area contributed by atoms with Crippen LogP contribution < -0.4 is 5.32 Å². The van der Waals surface area contributed by atoms with E-state index >= 15 is 0 Å². The second-order valence-electron chi connectivity index (χ2n) is 8.64. The van der Waals surface area contributed by atoms with Crippen LogP contribution in [0.1, 0.15) is 31.9 Å². The maximum absolute atomic E-state index is 4.81. The number of pyridine rings is 2. The number of fused-ring (bicyclic) bond motifs is 2. The molecule has 1 aliphatic rings. The lowest BCUT2D eigenvalue weighted by Gasteiger charge is -2.19. The number of hydrogen-bond donors (Lipinski definition) is 1. The third kappa shape index (κ3) is 3.43. The summed E-state index contributed by atoms with van der Waals surface area (Å²) in [7, 11) is 0. The van der Waals surface area contributed by atoms with E-state index in [0.29, 0.717) is 11.5 Å². The van der Waals surface area contributed by atoms with Gasteiger partial charge in [-0.05, 0) is 59.4 Å². The molecule has 0 radical (unpaired) electrons. The Kier molecular flexibility index (Phi) is 4.31. The van der Waals surface area contributed by atoms with E-state index in [0.717, 1.165) is 28.9 Å². The molecule has 3 heterocycles. The predicted molar refractivity (Wildman–Crippen MR) is 121 cm³/mol. The van der Waals surface area contributed by atoms with E-state index in [1.807, 2.05) is 24.3 Å². The highest BCUT2D eigenvalue weighted by atomic mass is 15.1. The topological polar surface area (TPSA) is 63.6 Å². The van der Waals surface area contributed by atoms with Crippen molar-refractivity contribution in [1.29, 1.82) is 0 Å². The number of hydrogen-bond acceptors (Lipinski definition) is 5. The van der Waals surface area contributed by atoms with Gasteiger partial charge in [-0.15, -0.1) is 0 Å². The average molecular weight is 393 g/mol. The van der Waals surface area contributed by atoms with Crippen molar-refractivity contribution in [2.24, 2.45) is 5.41 Å². The Balaban J connectivity index is 1.56. The number of nitrogens with one attached hydrogen (secondary N) is 1. The van der Waals surface area contributed by atoms with Crippen LogP contribution in [0.25, 0.3) is 28.5 Å². The van der Waals surface area contributed by atoms with E-state index < -0.39 is 0 Å². The molecule has 0 atom stereocenters. The quantitative estimate of drug-likeness (QED) is 0.475. The van der Waals surface area contributed by atoms with E-state index in [4.69, 9.17) is 4.98 Å². The Morgan fingerprint density at radius 2 is 1.77 bits per heavy atom. The first-order valence-corrected chi connectivity index (χ1v) is 10.1. The molecule has 1 aromatic carbocycles. The summed E-state index contributed by atoms with van der Waals surface area (Å²) in [5.41, 5.74) is 6.87. The molecule has 0 spiro atoms. The van der Waals surface area contributed by atoms with E-state index in [9.17, 15) is 0 Å². The van der Waals surface area contributed by atoms with Crippen LogP contribution in [-0.4, -0.2) is 19.9 Å². The van der Waals surface area contributed by atoms with Gasteiger partial charge in [0.1, 0.15) is 5.82 Å². The average Bonchev–Trinajstić information content (AvgIpc) is 3.18. The molecule has 4 aromatic rings. The molecule has 5 rings (SSSR count). The SMILES string of the molecule is CC(C)(C)C1=Cc2cc(Nc3nc(-c4ccncc4)nc4ncccc34)ccc2C1. The Hall–Kier alpha value is -3.60. The summed E-state index contributed by atoms with van der Waals surface area (Å²) in [6, 6.07) is 14.2. The maximum Gasteiger partial charge on any atom is 0.165 e. The summed E-state index contributed by atoms with van der Waals surface area (Å²) in [5, 5.41) is 4.39.